The fourth-order valence-corrected chi connectivity index (χ4v) is 4.16. The zero-order valence-corrected chi connectivity index (χ0v) is 14.0. The minimum Gasteiger partial charge on any atom is -0.384 e. The number of hydrogen-bond acceptors (Lipinski definition) is 2. The van der Waals surface area contributed by atoms with E-state index in [9.17, 15) is 0 Å². The van der Waals surface area contributed by atoms with Gasteiger partial charge >= 0.3 is 0 Å². The van der Waals surface area contributed by atoms with Crippen LogP contribution in [0, 0.1) is 11.3 Å². The van der Waals surface area contributed by atoms with E-state index in [0.29, 0.717) is 5.41 Å². The lowest BCUT2D eigenvalue weighted by Crippen LogP contribution is -2.38. The van der Waals surface area contributed by atoms with Crippen molar-refractivity contribution in [3.8, 4) is 0 Å². The molecule has 1 unspecified atom stereocenters. The Morgan fingerprint density at radius 2 is 1.94 bits per heavy atom. The third kappa shape index (κ3) is 4.82. The number of ether oxygens (including phenoxy) is 1. The standard InChI is InChI=1S/C15H30BrNO/c1-4-7-15(12-16,8-5-2)13-17-9-6-14(10-17)11-18-3/h14H,4-13H2,1-3H3. The molecule has 1 atom stereocenters. The van der Waals surface area contributed by atoms with E-state index in [4.69, 9.17) is 4.74 Å². The van der Waals surface area contributed by atoms with Crippen molar-refractivity contribution >= 4 is 15.9 Å². The lowest BCUT2D eigenvalue weighted by Gasteiger charge is -2.36. The van der Waals surface area contributed by atoms with Crippen LogP contribution in [0.15, 0.2) is 0 Å². The number of halogens is 1. The highest BCUT2D eigenvalue weighted by Crippen LogP contribution is 2.34. The quantitative estimate of drug-likeness (QED) is 0.597. The van der Waals surface area contributed by atoms with Gasteiger partial charge in [0.1, 0.15) is 0 Å². The van der Waals surface area contributed by atoms with Crippen molar-refractivity contribution in [1.82, 2.24) is 4.90 Å². The van der Waals surface area contributed by atoms with Crippen molar-refractivity contribution in [1.29, 1.82) is 0 Å². The van der Waals surface area contributed by atoms with Crippen LogP contribution in [0.3, 0.4) is 0 Å². The summed E-state index contributed by atoms with van der Waals surface area (Å²) in [6.45, 7) is 9.31. The summed E-state index contributed by atoms with van der Waals surface area (Å²) in [4.78, 5) is 2.66. The Kier molecular flexibility index (Phi) is 7.81. The molecule has 1 saturated heterocycles. The molecule has 2 nitrogen and oxygen atoms in total. The van der Waals surface area contributed by atoms with Gasteiger partial charge in [-0.1, -0.05) is 42.6 Å². The molecule has 0 saturated carbocycles. The lowest BCUT2D eigenvalue weighted by atomic mass is 9.81. The van der Waals surface area contributed by atoms with E-state index in [1.807, 2.05) is 7.11 Å². The van der Waals surface area contributed by atoms with Crippen LogP contribution in [-0.4, -0.2) is 43.6 Å². The lowest BCUT2D eigenvalue weighted by molar-refractivity contribution is 0.137. The molecular weight excluding hydrogens is 290 g/mol. The zero-order chi connectivity index (χ0) is 13.4. The first-order valence-electron chi connectivity index (χ1n) is 7.47. The van der Waals surface area contributed by atoms with Gasteiger partial charge in [-0.25, -0.2) is 0 Å². The highest BCUT2D eigenvalue weighted by molar-refractivity contribution is 9.09. The second-order valence-electron chi connectivity index (χ2n) is 5.98. The normalized spacial score (nSPS) is 21.7. The molecule has 0 spiro atoms. The fourth-order valence-electron chi connectivity index (χ4n) is 3.42. The van der Waals surface area contributed by atoms with Gasteiger partial charge in [0.25, 0.3) is 0 Å². The first-order chi connectivity index (χ1) is 8.69. The summed E-state index contributed by atoms with van der Waals surface area (Å²) in [5.41, 5.74) is 0.492. The molecule has 108 valence electrons. The smallest absolute Gasteiger partial charge is 0.0503 e. The Morgan fingerprint density at radius 3 is 2.44 bits per heavy atom. The molecule has 1 aliphatic heterocycles. The van der Waals surface area contributed by atoms with Crippen molar-refractivity contribution < 1.29 is 4.74 Å². The molecule has 0 bridgehead atoms. The van der Waals surface area contributed by atoms with Crippen LogP contribution in [-0.2, 0) is 4.74 Å². The maximum absolute atomic E-state index is 5.29. The SMILES string of the molecule is CCCC(CBr)(CCC)CN1CCC(COC)C1. The molecule has 0 aromatic carbocycles. The Morgan fingerprint density at radius 1 is 1.28 bits per heavy atom. The predicted molar refractivity (Wildman–Crippen MR) is 82.5 cm³/mol. The van der Waals surface area contributed by atoms with E-state index in [2.05, 4.69) is 34.7 Å². The molecule has 0 aliphatic carbocycles. The predicted octanol–water partition coefficient (Wildman–Crippen LogP) is 3.94. The van der Waals surface area contributed by atoms with Crippen LogP contribution >= 0.6 is 15.9 Å². The maximum Gasteiger partial charge on any atom is 0.0503 e. The highest BCUT2D eigenvalue weighted by Gasteiger charge is 2.32. The van der Waals surface area contributed by atoms with Gasteiger partial charge in [-0.05, 0) is 37.1 Å². The van der Waals surface area contributed by atoms with Crippen molar-refractivity contribution in [3.63, 3.8) is 0 Å². The Balaban J connectivity index is 2.50. The van der Waals surface area contributed by atoms with Gasteiger partial charge in [-0.3, -0.25) is 0 Å². The molecule has 3 heteroatoms. The van der Waals surface area contributed by atoms with Crippen molar-refractivity contribution in [3.05, 3.63) is 0 Å². The van der Waals surface area contributed by atoms with Gasteiger partial charge < -0.3 is 9.64 Å². The third-order valence-corrected chi connectivity index (χ3v) is 5.36. The van der Waals surface area contributed by atoms with E-state index in [1.54, 1.807) is 0 Å². The van der Waals surface area contributed by atoms with Gasteiger partial charge in [0.15, 0.2) is 0 Å². The molecule has 1 aliphatic rings. The Bertz CT molecular complexity index is 217. The van der Waals surface area contributed by atoms with Crippen LogP contribution in [0.2, 0.25) is 0 Å². The second kappa shape index (κ2) is 8.55. The fraction of sp³-hybridized carbons (Fsp3) is 1.00. The Hall–Kier alpha value is 0.400. The number of likely N-dealkylation sites (tertiary alicyclic amines) is 1. The number of rotatable bonds is 9. The van der Waals surface area contributed by atoms with Crippen LogP contribution in [0.4, 0.5) is 0 Å². The second-order valence-corrected chi connectivity index (χ2v) is 6.54. The average molecular weight is 320 g/mol. The third-order valence-electron chi connectivity index (χ3n) is 4.18. The maximum atomic E-state index is 5.29. The molecule has 0 amide bonds. The molecule has 18 heavy (non-hydrogen) atoms. The van der Waals surface area contributed by atoms with Gasteiger partial charge in [0.2, 0.25) is 0 Å². The largest absolute Gasteiger partial charge is 0.384 e. The monoisotopic (exact) mass is 319 g/mol. The van der Waals surface area contributed by atoms with E-state index in [-0.39, 0.29) is 0 Å². The summed E-state index contributed by atoms with van der Waals surface area (Å²) in [5.74, 6) is 0.756. The number of alkyl halides is 1. The summed E-state index contributed by atoms with van der Waals surface area (Å²) < 4.78 is 5.29. The van der Waals surface area contributed by atoms with Gasteiger partial charge in [0, 0.05) is 25.5 Å². The molecule has 0 aromatic heterocycles. The van der Waals surface area contributed by atoms with Crippen LogP contribution in [0.5, 0.6) is 0 Å². The van der Waals surface area contributed by atoms with Crippen molar-refractivity contribution in [2.75, 3.05) is 38.7 Å². The first kappa shape index (κ1) is 16.5. The summed E-state index contributed by atoms with van der Waals surface area (Å²) in [6.07, 6.45) is 6.58. The van der Waals surface area contributed by atoms with Gasteiger partial charge in [0.05, 0.1) is 6.61 Å². The van der Waals surface area contributed by atoms with Crippen LogP contribution in [0.1, 0.15) is 46.0 Å². The van der Waals surface area contributed by atoms with E-state index >= 15 is 0 Å². The number of nitrogens with zero attached hydrogens (tertiary/aromatic N) is 1. The van der Waals surface area contributed by atoms with Crippen LogP contribution in [0.25, 0.3) is 0 Å². The van der Waals surface area contributed by atoms with Gasteiger partial charge in [-0.15, -0.1) is 0 Å². The first-order valence-corrected chi connectivity index (χ1v) is 8.59. The van der Waals surface area contributed by atoms with Crippen LogP contribution < -0.4 is 0 Å². The minimum absolute atomic E-state index is 0.492. The molecule has 1 heterocycles. The summed E-state index contributed by atoms with van der Waals surface area (Å²) >= 11 is 3.78. The number of methoxy groups -OCH3 is 1. The average Bonchev–Trinajstić information content (AvgIpc) is 2.77. The molecule has 0 N–H and O–H groups in total. The van der Waals surface area contributed by atoms with E-state index in [0.717, 1.165) is 17.9 Å². The molecule has 1 rings (SSSR count). The van der Waals surface area contributed by atoms with Crippen molar-refractivity contribution in [2.45, 2.75) is 46.0 Å². The molecule has 0 radical (unpaired) electrons. The molecule has 1 fully saturated rings. The molecular formula is C15H30BrNO. The van der Waals surface area contributed by atoms with E-state index in [1.165, 1.54) is 51.7 Å². The zero-order valence-electron chi connectivity index (χ0n) is 12.4. The molecule has 0 aromatic rings. The Labute approximate surface area is 122 Å². The summed E-state index contributed by atoms with van der Waals surface area (Å²) in [6, 6.07) is 0. The summed E-state index contributed by atoms with van der Waals surface area (Å²) in [5, 5.41) is 1.15. The van der Waals surface area contributed by atoms with Gasteiger partial charge in [-0.2, -0.15) is 0 Å². The minimum atomic E-state index is 0.492. The highest BCUT2D eigenvalue weighted by atomic mass is 79.9. The topological polar surface area (TPSA) is 12.5 Å². The van der Waals surface area contributed by atoms with Crippen molar-refractivity contribution in [2.24, 2.45) is 11.3 Å². The van der Waals surface area contributed by atoms with E-state index < -0.39 is 0 Å². The number of hydrogen-bond donors (Lipinski definition) is 0. The summed E-state index contributed by atoms with van der Waals surface area (Å²) in [7, 11) is 1.82.